The number of aromatic nitrogens is 1. The molecule has 3 N–H and O–H groups in total. The molecule has 41 heavy (non-hydrogen) atoms. The lowest BCUT2D eigenvalue weighted by atomic mass is 9.82. The van der Waals surface area contributed by atoms with Gasteiger partial charge in [0.25, 0.3) is 5.91 Å². The van der Waals surface area contributed by atoms with Gasteiger partial charge in [-0.05, 0) is 87.6 Å². The van der Waals surface area contributed by atoms with E-state index < -0.39 is 0 Å². The van der Waals surface area contributed by atoms with Crippen molar-refractivity contribution in [2.24, 2.45) is 22.1 Å². The molecule has 1 aromatic carbocycles. The number of pyridine rings is 1. The van der Waals surface area contributed by atoms with Crippen molar-refractivity contribution < 1.29 is 9.59 Å². The largest absolute Gasteiger partial charge is 0.369 e. The van der Waals surface area contributed by atoms with Crippen LogP contribution in [0.2, 0.25) is 0 Å². The normalized spacial score (nSPS) is 20.4. The highest BCUT2D eigenvalue weighted by molar-refractivity contribution is 5.97. The Morgan fingerprint density at radius 1 is 1.02 bits per heavy atom. The van der Waals surface area contributed by atoms with Gasteiger partial charge in [0, 0.05) is 62.6 Å². The summed E-state index contributed by atoms with van der Waals surface area (Å²) in [6, 6.07) is 11.5. The van der Waals surface area contributed by atoms with Crippen molar-refractivity contribution in [2.45, 2.75) is 45.6 Å². The summed E-state index contributed by atoms with van der Waals surface area (Å²) in [6.45, 7) is 9.69. The van der Waals surface area contributed by atoms with E-state index in [9.17, 15) is 9.59 Å². The number of carbonyl (C=O) groups is 2. The number of nitrogens with two attached hydrogens (primary N) is 1. The Balaban J connectivity index is 1.17. The first kappa shape index (κ1) is 28.9. The molecule has 0 spiro atoms. The lowest BCUT2D eigenvalue weighted by Gasteiger charge is -2.48. The van der Waals surface area contributed by atoms with Crippen LogP contribution in [0.1, 0.15) is 49.9 Å². The summed E-state index contributed by atoms with van der Waals surface area (Å²) in [5, 5.41) is 3.13. The first-order chi connectivity index (χ1) is 19.6. The Kier molecular flexibility index (Phi) is 8.49. The highest BCUT2D eigenvalue weighted by Gasteiger charge is 2.40. The molecule has 0 saturated carbocycles. The molecular weight excluding hydrogens is 516 g/mol. The molecule has 3 fully saturated rings. The molecule has 0 unspecified atom stereocenters. The number of nitrogens with one attached hydrogen (secondary N) is 1. The maximum Gasteiger partial charge on any atom is 0.253 e. The molecule has 10 heteroatoms. The third kappa shape index (κ3) is 6.81. The number of guanidine groups is 1. The zero-order valence-corrected chi connectivity index (χ0v) is 24.8. The minimum atomic E-state index is 0.0325. The number of piperidine rings is 2. The molecule has 0 atom stereocenters. The van der Waals surface area contributed by atoms with E-state index in [-0.39, 0.29) is 29.2 Å². The standard InChI is InChI=1S/C31H44N8O2/c1-31(2)20-39(21-31)29(41)23-11-18-38(19-12-23)26-6-5-15-33-27(26)35-30(32)34-24-9-7-22(8-10-24)28(40)37(4)25-13-16-36(3)17-14-25/h5-10,15,23,25H,11-14,16-21H2,1-4H3,(H3,32,33,34,35). The fraction of sp³-hybridized carbons (Fsp3) is 0.548. The van der Waals surface area contributed by atoms with Gasteiger partial charge in [-0.25, -0.2) is 4.98 Å². The Labute approximate surface area is 243 Å². The number of amides is 2. The molecule has 10 nitrogen and oxygen atoms in total. The molecule has 2 aromatic rings. The highest BCUT2D eigenvalue weighted by atomic mass is 16.2. The van der Waals surface area contributed by atoms with Gasteiger partial charge in [-0.3, -0.25) is 9.59 Å². The quantitative estimate of drug-likeness (QED) is 0.412. The second kappa shape index (κ2) is 12.1. The number of hydrogen-bond acceptors (Lipinski definition) is 6. The minimum Gasteiger partial charge on any atom is -0.369 e. The average Bonchev–Trinajstić information content (AvgIpc) is 2.96. The summed E-state index contributed by atoms with van der Waals surface area (Å²) < 4.78 is 0. The molecule has 0 bridgehead atoms. The predicted octanol–water partition coefficient (Wildman–Crippen LogP) is 3.39. The summed E-state index contributed by atoms with van der Waals surface area (Å²) in [5.74, 6) is 1.17. The van der Waals surface area contributed by atoms with Crippen LogP contribution in [-0.4, -0.2) is 96.9 Å². The fourth-order valence-corrected chi connectivity index (χ4v) is 6.23. The number of rotatable bonds is 6. The number of benzene rings is 1. The number of carbonyl (C=O) groups excluding carboxylic acids is 2. The average molecular weight is 561 g/mol. The number of hydrogen-bond donors (Lipinski definition) is 2. The van der Waals surface area contributed by atoms with E-state index in [1.165, 1.54) is 0 Å². The van der Waals surface area contributed by atoms with E-state index in [0.717, 1.165) is 76.3 Å². The Morgan fingerprint density at radius 3 is 2.32 bits per heavy atom. The van der Waals surface area contributed by atoms with Gasteiger partial charge >= 0.3 is 0 Å². The number of likely N-dealkylation sites (tertiary alicyclic amines) is 2. The van der Waals surface area contributed by atoms with Gasteiger partial charge in [0.15, 0.2) is 11.8 Å². The van der Waals surface area contributed by atoms with Crippen molar-refractivity contribution in [1.29, 1.82) is 0 Å². The summed E-state index contributed by atoms with van der Waals surface area (Å²) in [4.78, 5) is 43.4. The van der Waals surface area contributed by atoms with E-state index in [1.54, 1.807) is 6.20 Å². The second-order valence-electron chi connectivity index (χ2n) is 12.6. The van der Waals surface area contributed by atoms with Crippen molar-refractivity contribution in [3.05, 3.63) is 48.2 Å². The smallest absolute Gasteiger partial charge is 0.253 e. The Morgan fingerprint density at radius 2 is 1.68 bits per heavy atom. The van der Waals surface area contributed by atoms with Gasteiger partial charge in [0.05, 0.1) is 5.69 Å². The van der Waals surface area contributed by atoms with Crippen molar-refractivity contribution >= 4 is 35.0 Å². The van der Waals surface area contributed by atoms with Crippen LogP contribution in [0, 0.1) is 11.3 Å². The van der Waals surface area contributed by atoms with Crippen LogP contribution in [0.4, 0.5) is 17.2 Å². The van der Waals surface area contributed by atoms with E-state index in [4.69, 9.17) is 5.73 Å². The molecule has 0 aliphatic carbocycles. The first-order valence-electron chi connectivity index (χ1n) is 14.8. The van der Waals surface area contributed by atoms with Gasteiger partial charge in [0.1, 0.15) is 0 Å². The van der Waals surface area contributed by atoms with Crippen molar-refractivity contribution in [3.63, 3.8) is 0 Å². The van der Waals surface area contributed by atoms with Gasteiger partial charge < -0.3 is 30.7 Å². The molecule has 4 heterocycles. The molecule has 5 rings (SSSR count). The second-order valence-corrected chi connectivity index (χ2v) is 12.6. The third-order valence-corrected chi connectivity index (χ3v) is 8.69. The monoisotopic (exact) mass is 560 g/mol. The SMILES string of the molecule is CN1CCC(N(C)C(=O)c2ccc(N/C(N)=N/c3ncccc3N3CCC(C(=O)N4CC(C)(C)C4)CC3)cc2)CC1. The Bertz CT molecular complexity index is 1250. The Hall–Kier alpha value is -3.66. The fourth-order valence-electron chi connectivity index (χ4n) is 6.23. The van der Waals surface area contributed by atoms with Crippen LogP contribution in [-0.2, 0) is 4.79 Å². The van der Waals surface area contributed by atoms with Gasteiger partial charge in [-0.2, -0.15) is 4.99 Å². The number of aliphatic imine (C=N–C) groups is 1. The van der Waals surface area contributed by atoms with E-state index in [2.05, 4.69) is 46.0 Å². The molecule has 3 saturated heterocycles. The number of nitrogens with zero attached hydrogens (tertiary/aromatic N) is 6. The number of anilines is 2. The van der Waals surface area contributed by atoms with Crippen LogP contribution in [0.15, 0.2) is 47.6 Å². The van der Waals surface area contributed by atoms with Crippen molar-refractivity contribution in [3.8, 4) is 0 Å². The molecular formula is C31H44N8O2. The van der Waals surface area contributed by atoms with Crippen LogP contribution in [0.25, 0.3) is 0 Å². The summed E-state index contributed by atoms with van der Waals surface area (Å²) in [7, 11) is 4.02. The van der Waals surface area contributed by atoms with Crippen LogP contribution >= 0.6 is 0 Å². The maximum absolute atomic E-state index is 13.0. The summed E-state index contributed by atoms with van der Waals surface area (Å²) >= 11 is 0. The molecule has 220 valence electrons. The lowest BCUT2D eigenvalue weighted by molar-refractivity contribution is -0.146. The van der Waals surface area contributed by atoms with E-state index in [1.807, 2.05) is 53.2 Å². The third-order valence-electron chi connectivity index (χ3n) is 8.69. The molecule has 0 radical (unpaired) electrons. The molecule has 3 aliphatic rings. The first-order valence-corrected chi connectivity index (χ1v) is 14.8. The van der Waals surface area contributed by atoms with E-state index in [0.29, 0.717) is 17.3 Å². The van der Waals surface area contributed by atoms with Crippen molar-refractivity contribution in [1.82, 2.24) is 19.7 Å². The zero-order chi connectivity index (χ0) is 29.1. The minimum absolute atomic E-state index is 0.0325. The topological polar surface area (TPSA) is 110 Å². The molecule has 1 aromatic heterocycles. The molecule has 2 amide bonds. The van der Waals surface area contributed by atoms with Crippen LogP contribution < -0.4 is 16.0 Å². The summed E-state index contributed by atoms with van der Waals surface area (Å²) in [5.41, 5.74) is 8.83. The van der Waals surface area contributed by atoms with Crippen LogP contribution in [0.5, 0.6) is 0 Å². The van der Waals surface area contributed by atoms with Gasteiger partial charge in [0.2, 0.25) is 5.91 Å². The van der Waals surface area contributed by atoms with Crippen LogP contribution in [0.3, 0.4) is 0 Å². The highest BCUT2D eigenvalue weighted by Crippen LogP contribution is 2.34. The maximum atomic E-state index is 13.0. The van der Waals surface area contributed by atoms with Crippen molar-refractivity contribution in [2.75, 3.05) is 63.6 Å². The summed E-state index contributed by atoms with van der Waals surface area (Å²) in [6.07, 6.45) is 5.33. The lowest BCUT2D eigenvalue weighted by Crippen LogP contribution is -2.57. The molecule has 3 aliphatic heterocycles. The van der Waals surface area contributed by atoms with Gasteiger partial charge in [-0.15, -0.1) is 0 Å². The zero-order valence-electron chi connectivity index (χ0n) is 24.8. The van der Waals surface area contributed by atoms with Gasteiger partial charge in [-0.1, -0.05) is 13.8 Å². The van der Waals surface area contributed by atoms with E-state index >= 15 is 0 Å². The predicted molar refractivity (Wildman–Crippen MR) is 163 cm³/mol.